The average molecular weight is 487 g/mol. The molecule has 3 aliphatic heterocycles. The van der Waals surface area contributed by atoms with E-state index in [1.165, 1.54) is 0 Å². The molecule has 2 aromatic carbocycles. The van der Waals surface area contributed by atoms with E-state index in [2.05, 4.69) is 50.2 Å². The Hall–Kier alpha value is -4.52. The molecule has 1 amide bonds. The molecule has 3 fully saturated rings. The Kier molecular flexibility index (Phi) is 5.02. The normalized spacial score (nSPS) is 18.6. The molecule has 2 unspecified atom stereocenters. The summed E-state index contributed by atoms with van der Waals surface area (Å²) in [7, 11) is 1.92. The second kappa shape index (κ2) is 8.55. The Bertz CT molecular complexity index is 1600. The van der Waals surface area contributed by atoms with Gasteiger partial charge in [0.2, 0.25) is 0 Å². The number of amides is 1. The van der Waals surface area contributed by atoms with E-state index in [9.17, 15) is 4.79 Å². The molecule has 8 rings (SSSR count). The first-order valence-electron chi connectivity index (χ1n) is 12.6. The van der Waals surface area contributed by atoms with Gasteiger partial charge in [-0.25, -0.2) is 4.98 Å². The van der Waals surface area contributed by atoms with Crippen LogP contribution in [0.3, 0.4) is 0 Å². The number of piperidine rings is 1. The number of piperazine rings is 1. The van der Waals surface area contributed by atoms with Crippen LogP contribution in [0.5, 0.6) is 0 Å². The van der Waals surface area contributed by atoms with Gasteiger partial charge in [0.1, 0.15) is 5.82 Å². The lowest BCUT2D eigenvalue weighted by Crippen LogP contribution is -2.70. The van der Waals surface area contributed by atoms with E-state index >= 15 is 0 Å². The predicted molar refractivity (Wildman–Crippen MR) is 144 cm³/mol. The molecule has 2 bridgehead atoms. The molecule has 2 atom stereocenters. The Balaban J connectivity index is 1.15. The molecule has 0 radical (unpaired) electrons. The van der Waals surface area contributed by atoms with Crippen LogP contribution in [0.1, 0.15) is 16.8 Å². The maximum Gasteiger partial charge on any atom is 0.254 e. The van der Waals surface area contributed by atoms with E-state index in [0.29, 0.717) is 0 Å². The molecule has 5 aromatic rings. The van der Waals surface area contributed by atoms with E-state index < -0.39 is 0 Å². The standard InChI is InChI=1S/C30H26N6O/c1-34-17-23(16-33-34)22-12-27(26-8-5-11-31-28(26)13-22)21-9-10-29(32-15-21)35-18-24-14-25(19-35)36(24)30(37)20-6-3-2-4-7-20/h2-13,15-17,24-25H,14,18-19H2,1H3. The molecule has 0 N–H and O–H groups in total. The second-order valence-electron chi connectivity index (χ2n) is 9.93. The summed E-state index contributed by atoms with van der Waals surface area (Å²) >= 11 is 0. The van der Waals surface area contributed by atoms with Gasteiger partial charge in [-0.3, -0.25) is 14.5 Å². The Labute approximate surface area is 215 Å². The highest BCUT2D eigenvalue weighted by atomic mass is 16.2. The zero-order valence-electron chi connectivity index (χ0n) is 20.5. The number of aryl methyl sites for hydroxylation is 1. The van der Waals surface area contributed by atoms with Crippen molar-refractivity contribution in [2.45, 2.75) is 18.5 Å². The van der Waals surface area contributed by atoms with Crippen molar-refractivity contribution in [3.05, 3.63) is 97.1 Å². The Morgan fingerprint density at radius 1 is 0.865 bits per heavy atom. The van der Waals surface area contributed by atoms with Crippen LogP contribution >= 0.6 is 0 Å². The van der Waals surface area contributed by atoms with Crippen molar-refractivity contribution in [3.8, 4) is 22.3 Å². The lowest BCUT2D eigenvalue weighted by atomic mass is 9.86. The van der Waals surface area contributed by atoms with Crippen molar-refractivity contribution in [1.29, 1.82) is 0 Å². The molecular weight excluding hydrogens is 460 g/mol. The van der Waals surface area contributed by atoms with Crippen molar-refractivity contribution in [1.82, 2.24) is 24.6 Å². The number of hydrogen-bond acceptors (Lipinski definition) is 5. The van der Waals surface area contributed by atoms with E-state index in [1.54, 1.807) is 0 Å². The van der Waals surface area contributed by atoms with Gasteiger partial charge < -0.3 is 9.80 Å². The lowest BCUT2D eigenvalue weighted by Gasteiger charge is -2.56. The molecule has 0 saturated carbocycles. The number of anilines is 1. The number of carbonyl (C=O) groups is 1. The van der Waals surface area contributed by atoms with Crippen LogP contribution in [0.25, 0.3) is 33.2 Å². The van der Waals surface area contributed by atoms with Crippen LogP contribution < -0.4 is 4.90 Å². The quantitative estimate of drug-likeness (QED) is 0.365. The predicted octanol–water partition coefficient (Wildman–Crippen LogP) is 4.80. The van der Waals surface area contributed by atoms with Gasteiger partial charge in [-0.15, -0.1) is 0 Å². The zero-order chi connectivity index (χ0) is 24.9. The number of pyridine rings is 2. The van der Waals surface area contributed by atoms with Gasteiger partial charge in [0.05, 0.1) is 23.8 Å². The van der Waals surface area contributed by atoms with Crippen LogP contribution in [-0.4, -0.2) is 55.7 Å². The van der Waals surface area contributed by atoms with Crippen molar-refractivity contribution >= 4 is 22.6 Å². The van der Waals surface area contributed by atoms with Crippen LogP contribution in [0, 0.1) is 0 Å². The van der Waals surface area contributed by atoms with Crippen molar-refractivity contribution in [2.75, 3.05) is 18.0 Å². The van der Waals surface area contributed by atoms with Crippen LogP contribution in [0.15, 0.2) is 91.5 Å². The zero-order valence-corrected chi connectivity index (χ0v) is 20.5. The SMILES string of the molecule is Cn1cc(-c2cc(-c3ccc(N4CC5CC(C4)N5C(=O)c4ccccc4)nc3)c3cccnc3c2)cn1. The molecule has 0 spiro atoms. The Morgan fingerprint density at radius 2 is 1.70 bits per heavy atom. The number of aromatic nitrogens is 4. The highest BCUT2D eigenvalue weighted by molar-refractivity contribution is 5.98. The van der Waals surface area contributed by atoms with Crippen LogP contribution in [-0.2, 0) is 7.05 Å². The molecule has 0 aliphatic carbocycles. The number of rotatable bonds is 4. The van der Waals surface area contributed by atoms with Crippen LogP contribution in [0.2, 0.25) is 0 Å². The first-order chi connectivity index (χ1) is 18.1. The van der Waals surface area contributed by atoms with Gasteiger partial charge in [-0.2, -0.15) is 5.10 Å². The highest BCUT2D eigenvalue weighted by Gasteiger charge is 2.47. The summed E-state index contributed by atoms with van der Waals surface area (Å²) in [4.78, 5) is 26.9. The summed E-state index contributed by atoms with van der Waals surface area (Å²) in [6.45, 7) is 1.62. The third-order valence-electron chi connectivity index (χ3n) is 7.59. The summed E-state index contributed by atoms with van der Waals surface area (Å²) in [5.74, 6) is 1.09. The molecule has 6 heterocycles. The Morgan fingerprint density at radius 3 is 2.43 bits per heavy atom. The van der Waals surface area contributed by atoms with Gasteiger partial charge in [-0.1, -0.05) is 24.3 Å². The maximum atomic E-state index is 13.0. The summed E-state index contributed by atoms with van der Waals surface area (Å²) in [5, 5.41) is 5.43. The summed E-state index contributed by atoms with van der Waals surface area (Å²) in [6.07, 6.45) is 8.74. The van der Waals surface area contributed by atoms with Gasteiger partial charge >= 0.3 is 0 Å². The minimum atomic E-state index is 0.138. The smallest absolute Gasteiger partial charge is 0.254 e. The number of benzene rings is 2. The summed E-state index contributed by atoms with van der Waals surface area (Å²) in [6, 6.07) is 22.7. The number of carbonyl (C=O) groups excluding carboxylic acids is 1. The molecule has 7 heteroatoms. The summed E-state index contributed by atoms with van der Waals surface area (Å²) < 4.78 is 1.81. The minimum Gasteiger partial charge on any atom is -0.352 e. The number of fused-ring (bicyclic) bond motifs is 3. The van der Waals surface area contributed by atoms with E-state index in [1.807, 2.05) is 72.9 Å². The maximum absolute atomic E-state index is 13.0. The van der Waals surface area contributed by atoms with Gasteiger partial charge in [0, 0.05) is 60.8 Å². The lowest BCUT2D eigenvalue weighted by molar-refractivity contribution is 0.00577. The van der Waals surface area contributed by atoms with Gasteiger partial charge in [0.25, 0.3) is 5.91 Å². The summed E-state index contributed by atoms with van der Waals surface area (Å²) in [5.41, 5.74) is 6.01. The largest absolute Gasteiger partial charge is 0.352 e. The topological polar surface area (TPSA) is 67.2 Å². The third kappa shape index (κ3) is 3.74. The first-order valence-corrected chi connectivity index (χ1v) is 12.6. The van der Waals surface area contributed by atoms with Crippen LogP contribution in [0.4, 0.5) is 5.82 Å². The molecule has 3 saturated heterocycles. The molecule has 3 aromatic heterocycles. The monoisotopic (exact) mass is 486 g/mol. The number of nitrogens with zero attached hydrogens (tertiary/aromatic N) is 6. The molecule has 7 nitrogen and oxygen atoms in total. The van der Waals surface area contributed by atoms with Crippen molar-refractivity contribution < 1.29 is 4.79 Å². The fourth-order valence-electron chi connectivity index (χ4n) is 5.75. The first kappa shape index (κ1) is 21.7. The van der Waals surface area contributed by atoms with E-state index in [4.69, 9.17) is 4.98 Å². The molecule has 3 aliphatic rings. The highest BCUT2D eigenvalue weighted by Crippen LogP contribution is 2.37. The van der Waals surface area contributed by atoms with Crippen molar-refractivity contribution in [2.24, 2.45) is 7.05 Å². The van der Waals surface area contributed by atoms with E-state index in [-0.39, 0.29) is 18.0 Å². The fourth-order valence-corrected chi connectivity index (χ4v) is 5.75. The number of hydrogen-bond donors (Lipinski definition) is 0. The second-order valence-corrected chi connectivity index (χ2v) is 9.93. The molecule has 37 heavy (non-hydrogen) atoms. The van der Waals surface area contributed by atoms with Gasteiger partial charge in [0.15, 0.2) is 0 Å². The molecule has 182 valence electrons. The molecular formula is C30H26N6O. The fraction of sp³-hybridized carbons (Fsp3) is 0.200. The van der Waals surface area contributed by atoms with Crippen molar-refractivity contribution in [3.63, 3.8) is 0 Å². The third-order valence-corrected chi connectivity index (χ3v) is 7.59. The average Bonchev–Trinajstić information content (AvgIpc) is 3.39. The van der Waals surface area contributed by atoms with E-state index in [0.717, 1.165) is 64.0 Å². The minimum absolute atomic E-state index is 0.138. The van der Waals surface area contributed by atoms with Gasteiger partial charge in [-0.05, 0) is 60.0 Å².